The van der Waals surface area contributed by atoms with Crippen LogP contribution in [-0.4, -0.2) is 39.0 Å². The molecule has 0 heterocycles. The van der Waals surface area contributed by atoms with E-state index in [4.69, 9.17) is 15.2 Å². The maximum atomic E-state index is 12.2. The maximum Gasteiger partial charge on any atom is 0.242 e. The fourth-order valence-electron chi connectivity index (χ4n) is 2.66. The van der Waals surface area contributed by atoms with Gasteiger partial charge >= 0.3 is 0 Å². The highest BCUT2D eigenvalue weighted by atomic mass is 16.5. The van der Waals surface area contributed by atoms with E-state index in [1.807, 2.05) is 30.3 Å². The molecular formula is C14H20N2O3. The molecular weight excluding hydrogens is 244 g/mol. The van der Waals surface area contributed by atoms with Gasteiger partial charge in [0.25, 0.3) is 0 Å². The van der Waals surface area contributed by atoms with Gasteiger partial charge < -0.3 is 20.5 Å². The van der Waals surface area contributed by atoms with E-state index in [9.17, 15) is 4.79 Å². The van der Waals surface area contributed by atoms with Crippen molar-refractivity contribution in [3.8, 4) is 0 Å². The van der Waals surface area contributed by atoms with Crippen LogP contribution in [0.3, 0.4) is 0 Å². The van der Waals surface area contributed by atoms with Crippen molar-refractivity contribution in [2.45, 2.75) is 11.5 Å². The molecule has 1 aliphatic carbocycles. The third kappa shape index (κ3) is 2.49. The summed E-state index contributed by atoms with van der Waals surface area (Å²) in [6.45, 7) is 0.634. The Hall–Kier alpha value is -1.43. The first kappa shape index (κ1) is 14.0. The highest BCUT2D eigenvalue weighted by Crippen LogP contribution is 2.55. The molecule has 1 aliphatic rings. The summed E-state index contributed by atoms with van der Waals surface area (Å²) in [4.78, 5) is 12.2. The van der Waals surface area contributed by atoms with Gasteiger partial charge in [-0.05, 0) is 5.56 Å². The van der Waals surface area contributed by atoms with Gasteiger partial charge in [-0.15, -0.1) is 0 Å². The molecule has 5 nitrogen and oxygen atoms in total. The van der Waals surface area contributed by atoms with Crippen molar-refractivity contribution >= 4 is 5.91 Å². The normalized spacial score (nSPS) is 29.0. The van der Waals surface area contributed by atoms with Crippen molar-refractivity contribution < 1.29 is 14.3 Å². The molecule has 1 amide bonds. The minimum absolute atomic E-state index is 0.00300. The van der Waals surface area contributed by atoms with Crippen molar-refractivity contribution in [3.05, 3.63) is 35.9 Å². The summed E-state index contributed by atoms with van der Waals surface area (Å²) in [5, 5.41) is 2.68. The van der Waals surface area contributed by atoms with Crippen LogP contribution in [0.4, 0.5) is 0 Å². The van der Waals surface area contributed by atoms with Crippen LogP contribution in [0.5, 0.6) is 0 Å². The fourth-order valence-corrected chi connectivity index (χ4v) is 2.66. The van der Waals surface area contributed by atoms with E-state index in [-0.39, 0.29) is 24.5 Å². The molecule has 1 saturated carbocycles. The van der Waals surface area contributed by atoms with Crippen LogP contribution in [0, 0.1) is 5.92 Å². The van der Waals surface area contributed by atoms with Crippen molar-refractivity contribution in [1.82, 2.24) is 5.32 Å². The van der Waals surface area contributed by atoms with E-state index < -0.39 is 5.54 Å². The number of amides is 1. The smallest absolute Gasteiger partial charge is 0.242 e. The van der Waals surface area contributed by atoms with E-state index in [0.29, 0.717) is 6.61 Å². The molecule has 0 aliphatic heterocycles. The van der Waals surface area contributed by atoms with Gasteiger partial charge in [-0.1, -0.05) is 30.3 Å². The maximum absolute atomic E-state index is 12.2. The van der Waals surface area contributed by atoms with E-state index in [0.717, 1.165) is 5.56 Å². The highest BCUT2D eigenvalue weighted by molar-refractivity contribution is 5.92. The Labute approximate surface area is 113 Å². The average Bonchev–Trinajstić information content (AvgIpc) is 3.04. The minimum atomic E-state index is -0.907. The molecule has 5 heteroatoms. The largest absolute Gasteiger partial charge is 0.384 e. The first-order valence-electron chi connectivity index (χ1n) is 6.26. The molecule has 3 N–H and O–H groups in total. The van der Waals surface area contributed by atoms with E-state index in [1.165, 1.54) is 7.11 Å². The van der Waals surface area contributed by atoms with Crippen LogP contribution in [0.25, 0.3) is 0 Å². The molecule has 0 spiro atoms. The van der Waals surface area contributed by atoms with Crippen LogP contribution < -0.4 is 11.1 Å². The third-order valence-electron chi connectivity index (χ3n) is 3.70. The molecule has 0 unspecified atom stereocenters. The Bertz CT molecular complexity index is 438. The van der Waals surface area contributed by atoms with Crippen molar-refractivity contribution in [3.63, 3.8) is 0 Å². The Morgan fingerprint density at radius 2 is 2.00 bits per heavy atom. The van der Waals surface area contributed by atoms with Gasteiger partial charge in [0, 0.05) is 26.1 Å². The Morgan fingerprint density at radius 1 is 1.32 bits per heavy atom. The van der Waals surface area contributed by atoms with Gasteiger partial charge in [-0.25, -0.2) is 0 Å². The SMILES string of the molecule is COCNC(=O)[C@]1(N)[C@H](COC)[C@@H]1c1ccccc1. The predicted molar refractivity (Wildman–Crippen MR) is 71.5 cm³/mol. The van der Waals surface area contributed by atoms with Crippen molar-refractivity contribution in [1.29, 1.82) is 0 Å². The molecule has 0 aromatic heterocycles. The number of benzene rings is 1. The summed E-state index contributed by atoms with van der Waals surface area (Å²) in [5.74, 6) is -0.201. The molecule has 1 aromatic carbocycles. The molecule has 1 aromatic rings. The third-order valence-corrected chi connectivity index (χ3v) is 3.70. The van der Waals surface area contributed by atoms with Crippen LogP contribution in [0.15, 0.2) is 30.3 Å². The number of nitrogens with one attached hydrogen (secondary N) is 1. The zero-order valence-electron chi connectivity index (χ0n) is 11.3. The predicted octanol–water partition coefficient (Wildman–Crippen LogP) is 0.464. The first-order valence-corrected chi connectivity index (χ1v) is 6.26. The van der Waals surface area contributed by atoms with E-state index in [1.54, 1.807) is 7.11 Å². The number of carbonyl (C=O) groups is 1. The zero-order chi connectivity index (χ0) is 13.9. The summed E-state index contributed by atoms with van der Waals surface area (Å²) in [5.41, 5.74) is 6.45. The Morgan fingerprint density at radius 3 is 2.58 bits per heavy atom. The number of ether oxygens (including phenoxy) is 2. The number of nitrogens with two attached hydrogens (primary N) is 1. The second kappa shape index (κ2) is 5.69. The summed E-state index contributed by atoms with van der Waals surface area (Å²) in [6, 6.07) is 9.83. The molecule has 0 saturated heterocycles. The van der Waals surface area contributed by atoms with Gasteiger partial charge in [-0.3, -0.25) is 4.79 Å². The lowest BCUT2D eigenvalue weighted by Crippen LogP contribution is -2.46. The van der Waals surface area contributed by atoms with Crippen LogP contribution in [0.2, 0.25) is 0 Å². The molecule has 19 heavy (non-hydrogen) atoms. The zero-order valence-corrected chi connectivity index (χ0v) is 11.3. The standard InChI is InChI=1S/C14H20N2O3/c1-18-8-11-12(10-6-4-3-5-7-10)14(11,15)13(17)16-9-19-2/h3-7,11-12H,8-9,15H2,1-2H3,(H,16,17)/t11-,12+,14+/m1/s1. The fraction of sp³-hybridized carbons (Fsp3) is 0.500. The van der Waals surface area contributed by atoms with E-state index >= 15 is 0 Å². The molecule has 2 rings (SSSR count). The van der Waals surface area contributed by atoms with Gasteiger partial charge in [-0.2, -0.15) is 0 Å². The number of hydrogen-bond donors (Lipinski definition) is 2. The number of carbonyl (C=O) groups excluding carboxylic acids is 1. The second-order valence-corrected chi connectivity index (χ2v) is 4.82. The summed E-state index contributed by atoms with van der Waals surface area (Å²) in [6.07, 6.45) is 0. The summed E-state index contributed by atoms with van der Waals surface area (Å²) in [7, 11) is 3.14. The quantitative estimate of drug-likeness (QED) is 0.732. The van der Waals surface area contributed by atoms with Gasteiger partial charge in [0.2, 0.25) is 5.91 Å². The number of rotatable bonds is 6. The molecule has 1 fully saturated rings. The Balaban J connectivity index is 2.16. The highest BCUT2D eigenvalue weighted by Gasteiger charge is 2.67. The lowest BCUT2D eigenvalue weighted by atomic mass is 10.1. The van der Waals surface area contributed by atoms with E-state index in [2.05, 4.69) is 5.32 Å². The van der Waals surface area contributed by atoms with Gasteiger partial charge in [0.1, 0.15) is 12.3 Å². The van der Waals surface area contributed by atoms with Crippen molar-refractivity contribution in [2.75, 3.05) is 27.6 Å². The number of methoxy groups -OCH3 is 2. The number of hydrogen-bond acceptors (Lipinski definition) is 4. The summed E-state index contributed by atoms with van der Waals surface area (Å²) >= 11 is 0. The summed E-state index contributed by atoms with van der Waals surface area (Å²) < 4.78 is 10.0. The lowest BCUT2D eigenvalue weighted by Gasteiger charge is -2.12. The van der Waals surface area contributed by atoms with Gasteiger partial charge in [0.05, 0.1) is 6.61 Å². The molecule has 104 valence electrons. The molecule has 3 atom stereocenters. The lowest BCUT2D eigenvalue weighted by molar-refractivity contribution is -0.125. The van der Waals surface area contributed by atoms with Crippen LogP contribution in [-0.2, 0) is 14.3 Å². The molecule has 0 radical (unpaired) electrons. The second-order valence-electron chi connectivity index (χ2n) is 4.82. The monoisotopic (exact) mass is 264 g/mol. The topological polar surface area (TPSA) is 73.6 Å². The molecule has 0 bridgehead atoms. The average molecular weight is 264 g/mol. The van der Waals surface area contributed by atoms with Gasteiger partial charge in [0.15, 0.2) is 0 Å². The minimum Gasteiger partial charge on any atom is -0.384 e. The first-order chi connectivity index (χ1) is 9.16. The van der Waals surface area contributed by atoms with Crippen LogP contribution in [0.1, 0.15) is 11.5 Å². The van der Waals surface area contributed by atoms with Crippen molar-refractivity contribution in [2.24, 2.45) is 11.7 Å². The van der Waals surface area contributed by atoms with Crippen LogP contribution >= 0.6 is 0 Å². The Kier molecular flexibility index (Phi) is 4.19.